The Bertz CT molecular complexity index is 810. The predicted octanol–water partition coefficient (Wildman–Crippen LogP) is 1.88. The van der Waals surface area contributed by atoms with Gasteiger partial charge in [0.25, 0.3) is 5.91 Å². The number of carbonyl (C=O) groups is 4. The Labute approximate surface area is 174 Å². The van der Waals surface area contributed by atoms with Crippen LogP contribution in [0.25, 0.3) is 0 Å². The van der Waals surface area contributed by atoms with Crippen LogP contribution in [0, 0.1) is 11.8 Å². The van der Waals surface area contributed by atoms with E-state index in [4.69, 9.17) is 16.3 Å². The monoisotopic (exact) mass is 418 g/mol. The molecule has 1 heterocycles. The molecule has 0 spiro atoms. The normalized spacial score (nSPS) is 21.7. The number of nitrogens with one attached hydrogen (secondary N) is 1. The number of allylic oxidation sites excluding steroid dienone is 2. The van der Waals surface area contributed by atoms with Gasteiger partial charge in [-0.15, -0.1) is 0 Å². The van der Waals surface area contributed by atoms with Crippen molar-refractivity contribution in [3.63, 3.8) is 0 Å². The van der Waals surface area contributed by atoms with Crippen LogP contribution in [0.4, 0.5) is 0 Å². The van der Waals surface area contributed by atoms with Crippen LogP contribution in [0.5, 0.6) is 0 Å². The average molecular weight is 419 g/mol. The van der Waals surface area contributed by atoms with E-state index in [2.05, 4.69) is 5.32 Å². The molecule has 1 saturated heterocycles. The fourth-order valence-electron chi connectivity index (χ4n) is 3.62. The largest absolute Gasteiger partial charge is 0.454 e. The molecule has 7 nitrogen and oxygen atoms in total. The maximum atomic E-state index is 12.5. The van der Waals surface area contributed by atoms with E-state index in [1.165, 1.54) is 6.92 Å². The number of nitrogens with zero attached hydrogens (tertiary/aromatic N) is 1. The zero-order valence-electron chi connectivity index (χ0n) is 16.1. The Kier molecular flexibility index (Phi) is 6.69. The number of amides is 3. The highest BCUT2D eigenvalue weighted by Gasteiger charge is 2.50. The highest BCUT2D eigenvalue weighted by Crippen LogP contribution is 2.36. The van der Waals surface area contributed by atoms with Crippen molar-refractivity contribution in [2.45, 2.75) is 32.2 Å². The molecule has 0 bridgehead atoms. The van der Waals surface area contributed by atoms with Gasteiger partial charge in [-0.1, -0.05) is 35.9 Å². The van der Waals surface area contributed by atoms with Crippen molar-refractivity contribution in [1.82, 2.24) is 10.2 Å². The number of likely N-dealkylation sites (tertiary alicyclic amines) is 1. The molecule has 29 heavy (non-hydrogen) atoms. The van der Waals surface area contributed by atoms with Crippen LogP contribution in [0.1, 0.15) is 25.3 Å². The van der Waals surface area contributed by atoms with Crippen LogP contribution in [-0.4, -0.2) is 47.8 Å². The third-order valence-corrected chi connectivity index (χ3v) is 5.52. The van der Waals surface area contributed by atoms with E-state index in [0.29, 0.717) is 30.8 Å². The van der Waals surface area contributed by atoms with Gasteiger partial charge in [0.2, 0.25) is 11.8 Å². The Balaban J connectivity index is 1.43. The van der Waals surface area contributed by atoms with Gasteiger partial charge in [-0.25, -0.2) is 4.79 Å². The van der Waals surface area contributed by atoms with Crippen LogP contribution in [0.3, 0.4) is 0 Å². The smallest absolute Gasteiger partial charge is 0.329 e. The van der Waals surface area contributed by atoms with Gasteiger partial charge in [0.15, 0.2) is 6.61 Å². The summed E-state index contributed by atoms with van der Waals surface area (Å²) in [5.41, 5.74) is 1.02. The first kappa shape index (κ1) is 21.0. The van der Waals surface area contributed by atoms with E-state index in [1.807, 2.05) is 24.3 Å². The lowest BCUT2D eigenvalue weighted by Gasteiger charge is -2.21. The fraction of sp³-hybridized carbons (Fsp3) is 0.429. The molecule has 0 aromatic heterocycles. The molecule has 1 aromatic rings. The molecule has 2 aliphatic rings. The number of rotatable bonds is 7. The lowest BCUT2D eigenvalue weighted by atomic mass is 9.85. The molecule has 1 fully saturated rings. The second kappa shape index (κ2) is 9.22. The third kappa shape index (κ3) is 4.85. The molecule has 0 unspecified atom stereocenters. The number of ether oxygens (including phenoxy) is 1. The lowest BCUT2D eigenvalue weighted by molar-refractivity contribution is -0.159. The van der Waals surface area contributed by atoms with Crippen molar-refractivity contribution in [3.8, 4) is 0 Å². The molecule has 1 N–H and O–H groups in total. The summed E-state index contributed by atoms with van der Waals surface area (Å²) >= 11 is 5.83. The Morgan fingerprint density at radius 2 is 1.72 bits per heavy atom. The minimum atomic E-state index is -1.05. The minimum Gasteiger partial charge on any atom is -0.454 e. The topological polar surface area (TPSA) is 92.8 Å². The minimum absolute atomic E-state index is 0.346. The maximum absolute atomic E-state index is 12.5. The van der Waals surface area contributed by atoms with Crippen molar-refractivity contribution < 1.29 is 23.9 Å². The van der Waals surface area contributed by atoms with Gasteiger partial charge in [0, 0.05) is 11.6 Å². The number of hydrogen-bond donors (Lipinski definition) is 1. The molecule has 0 radical (unpaired) electrons. The predicted molar refractivity (Wildman–Crippen MR) is 106 cm³/mol. The number of hydrogen-bond acceptors (Lipinski definition) is 5. The SMILES string of the molecule is C[C@@H](C(=O)OCC(=O)NCCc1ccc(Cl)cc1)N1C(=O)[C@H]2CC=CC[C@H]2C1=O. The van der Waals surface area contributed by atoms with E-state index in [0.717, 1.165) is 10.5 Å². The number of esters is 1. The number of imide groups is 1. The second-order valence-electron chi connectivity index (χ2n) is 7.21. The Morgan fingerprint density at radius 1 is 1.14 bits per heavy atom. The molecular formula is C21H23ClN2O5. The molecule has 1 aliphatic carbocycles. The molecule has 1 aliphatic heterocycles. The summed E-state index contributed by atoms with van der Waals surface area (Å²) in [7, 11) is 0. The molecular weight excluding hydrogens is 396 g/mol. The first-order chi connectivity index (χ1) is 13.9. The average Bonchev–Trinajstić information content (AvgIpc) is 2.98. The molecule has 154 valence electrons. The summed E-state index contributed by atoms with van der Waals surface area (Å²) < 4.78 is 5.02. The van der Waals surface area contributed by atoms with Gasteiger partial charge in [-0.3, -0.25) is 19.3 Å². The van der Waals surface area contributed by atoms with E-state index in [-0.39, 0.29) is 11.8 Å². The zero-order valence-corrected chi connectivity index (χ0v) is 16.9. The van der Waals surface area contributed by atoms with Crippen LogP contribution in [-0.2, 0) is 30.3 Å². The number of carbonyl (C=O) groups excluding carboxylic acids is 4. The Morgan fingerprint density at radius 3 is 2.31 bits per heavy atom. The summed E-state index contributed by atoms with van der Waals surface area (Å²) in [6.07, 6.45) is 5.38. The quantitative estimate of drug-likeness (QED) is 0.414. The summed E-state index contributed by atoms with van der Waals surface area (Å²) in [6, 6.07) is 6.23. The van der Waals surface area contributed by atoms with Gasteiger partial charge < -0.3 is 10.1 Å². The van der Waals surface area contributed by atoms with Gasteiger partial charge in [-0.2, -0.15) is 0 Å². The van der Waals surface area contributed by atoms with Gasteiger partial charge >= 0.3 is 5.97 Å². The van der Waals surface area contributed by atoms with Crippen LogP contribution in [0.15, 0.2) is 36.4 Å². The maximum Gasteiger partial charge on any atom is 0.329 e. The third-order valence-electron chi connectivity index (χ3n) is 5.26. The number of benzene rings is 1. The van der Waals surface area contributed by atoms with E-state index in [9.17, 15) is 19.2 Å². The van der Waals surface area contributed by atoms with Crippen molar-refractivity contribution in [3.05, 3.63) is 47.0 Å². The van der Waals surface area contributed by atoms with Gasteiger partial charge in [-0.05, 0) is 43.9 Å². The van der Waals surface area contributed by atoms with Crippen molar-refractivity contribution in [1.29, 1.82) is 0 Å². The number of halogens is 1. The summed E-state index contributed by atoms with van der Waals surface area (Å²) in [6.45, 7) is 1.36. The van der Waals surface area contributed by atoms with E-state index in [1.54, 1.807) is 12.1 Å². The fourth-order valence-corrected chi connectivity index (χ4v) is 3.74. The number of fused-ring (bicyclic) bond motifs is 1. The summed E-state index contributed by atoms with van der Waals surface area (Å²) in [4.78, 5) is 50.2. The van der Waals surface area contributed by atoms with Gasteiger partial charge in [0.1, 0.15) is 6.04 Å². The molecule has 3 rings (SSSR count). The molecule has 1 aromatic carbocycles. The van der Waals surface area contributed by atoms with Crippen molar-refractivity contribution in [2.75, 3.05) is 13.2 Å². The first-order valence-corrected chi connectivity index (χ1v) is 9.96. The molecule has 0 saturated carbocycles. The van der Waals surface area contributed by atoms with Gasteiger partial charge in [0.05, 0.1) is 11.8 Å². The summed E-state index contributed by atoms with van der Waals surface area (Å²) in [5.74, 6) is -2.72. The lowest BCUT2D eigenvalue weighted by Crippen LogP contribution is -2.45. The highest BCUT2D eigenvalue weighted by atomic mass is 35.5. The standard InChI is InChI=1S/C21H23ClN2O5/c1-13(24-19(26)16-4-2-3-5-17(16)20(24)27)21(28)29-12-18(25)23-11-10-14-6-8-15(22)9-7-14/h2-3,6-9,13,16-17H,4-5,10-12H2,1H3,(H,23,25)/t13-,16-,17+/m0/s1. The van der Waals surface area contributed by atoms with Crippen LogP contribution < -0.4 is 5.32 Å². The second-order valence-corrected chi connectivity index (χ2v) is 7.65. The first-order valence-electron chi connectivity index (χ1n) is 9.58. The molecule has 3 amide bonds. The van der Waals surface area contributed by atoms with E-state index >= 15 is 0 Å². The van der Waals surface area contributed by atoms with Crippen LogP contribution >= 0.6 is 11.6 Å². The van der Waals surface area contributed by atoms with Crippen LogP contribution in [0.2, 0.25) is 5.02 Å². The Hall–Kier alpha value is -2.67. The van der Waals surface area contributed by atoms with E-state index < -0.39 is 36.4 Å². The summed E-state index contributed by atoms with van der Waals surface area (Å²) in [5, 5.41) is 3.31. The highest BCUT2D eigenvalue weighted by molar-refractivity contribution is 6.30. The molecule has 8 heteroatoms. The molecule has 3 atom stereocenters. The zero-order chi connectivity index (χ0) is 21.0. The van der Waals surface area contributed by atoms with Crippen molar-refractivity contribution >= 4 is 35.3 Å². The van der Waals surface area contributed by atoms with Crippen molar-refractivity contribution in [2.24, 2.45) is 11.8 Å².